The van der Waals surface area contributed by atoms with Crippen LogP contribution in [0.4, 0.5) is 4.39 Å². The van der Waals surface area contributed by atoms with Gasteiger partial charge in [-0.05, 0) is 46.7 Å². The third-order valence-electron chi connectivity index (χ3n) is 3.61. The summed E-state index contributed by atoms with van der Waals surface area (Å²) in [4.78, 5) is 0. The minimum absolute atomic E-state index is 0.00479. The van der Waals surface area contributed by atoms with Crippen LogP contribution in [0.1, 0.15) is 0 Å². The Morgan fingerprint density at radius 1 is 0.864 bits per heavy atom. The molecule has 4 heteroatoms. The van der Waals surface area contributed by atoms with Gasteiger partial charge in [0.25, 0.3) is 0 Å². The quantitative estimate of drug-likeness (QED) is 0.651. The number of hydrogen-bond acceptors (Lipinski definition) is 2. The summed E-state index contributed by atoms with van der Waals surface area (Å²) >= 11 is 5.99. The Labute approximate surface area is 133 Å². The summed E-state index contributed by atoms with van der Waals surface area (Å²) in [6.07, 6.45) is 0. The highest BCUT2D eigenvalue weighted by atomic mass is 35.5. The molecule has 3 aromatic rings. The van der Waals surface area contributed by atoms with E-state index in [0.29, 0.717) is 5.75 Å². The van der Waals surface area contributed by atoms with Crippen LogP contribution in [-0.2, 0) is 0 Å². The molecule has 0 bridgehead atoms. The zero-order valence-corrected chi connectivity index (χ0v) is 12.9. The van der Waals surface area contributed by atoms with E-state index in [4.69, 9.17) is 21.1 Å². The first-order chi connectivity index (χ1) is 10.6. The monoisotopic (exact) mass is 316 g/mol. The fourth-order valence-electron chi connectivity index (χ4n) is 2.48. The first-order valence-electron chi connectivity index (χ1n) is 6.74. The predicted molar refractivity (Wildman–Crippen MR) is 87.5 cm³/mol. The maximum Gasteiger partial charge on any atom is 0.148 e. The number of methoxy groups -OCH3 is 2. The van der Waals surface area contributed by atoms with Crippen molar-refractivity contribution >= 4 is 22.4 Å². The smallest absolute Gasteiger partial charge is 0.148 e. The lowest BCUT2D eigenvalue weighted by Gasteiger charge is -2.12. The minimum Gasteiger partial charge on any atom is -0.497 e. The van der Waals surface area contributed by atoms with Crippen LogP contribution >= 0.6 is 11.6 Å². The molecule has 0 spiro atoms. The molecule has 0 N–H and O–H groups in total. The van der Waals surface area contributed by atoms with E-state index in [1.807, 2.05) is 36.4 Å². The van der Waals surface area contributed by atoms with E-state index in [1.54, 1.807) is 13.2 Å². The van der Waals surface area contributed by atoms with E-state index in [2.05, 4.69) is 0 Å². The van der Waals surface area contributed by atoms with Crippen molar-refractivity contribution in [2.24, 2.45) is 0 Å². The highest BCUT2D eigenvalue weighted by Gasteiger charge is 2.14. The summed E-state index contributed by atoms with van der Waals surface area (Å²) in [5, 5.41) is 2.12. The predicted octanol–water partition coefficient (Wildman–Crippen LogP) is 5.32. The van der Waals surface area contributed by atoms with Crippen molar-refractivity contribution in [1.82, 2.24) is 0 Å². The number of halogens is 2. The fourth-order valence-corrected chi connectivity index (χ4v) is 2.72. The first-order valence-corrected chi connectivity index (χ1v) is 7.12. The van der Waals surface area contributed by atoms with Gasteiger partial charge in [0.2, 0.25) is 0 Å². The van der Waals surface area contributed by atoms with Crippen molar-refractivity contribution in [2.45, 2.75) is 0 Å². The largest absolute Gasteiger partial charge is 0.497 e. The molecule has 0 saturated heterocycles. The number of benzene rings is 3. The van der Waals surface area contributed by atoms with Crippen LogP contribution in [0.3, 0.4) is 0 Å². The van der Waals surface area contributed by atoms with Crippen LogP contribution in [0.5, 0.6) is 11.5 Å². The zero-order valence-electron chi connectivity index (χ0n) is 12.2. The summed E-state index contributed by atoms with van der Waals surface area (Å²) < 4.78 is 24.1. The standard InChI is InChI=1S/C18H14ClFO2/c1-21-14-6-5-11-9-13(4-3-12(11)10-14)15-7-8-16(20)17(19)18(15)22-2/h3-10H,1-2H3. The lowest BCUT2D eigenvalue weighted by atomic mass is 10.00. The summed E-state index contributed by atoms with van der Waals surface area (Å²) in [6.45, 7) is 0. The van der Waals surface area contributed by atoms with E-state index in [9.17, 15) is 4.39 Å². The summed E-state index contributed by atoms with van der Waals surface area (Å²) in [5.74, 6) is 0.657. The Bertz CT molecular complexity index is 846. The second-order valence-electron chi connectivity index (χ2n) is 4.87. The van der Waals surface area contributed by atoms with Crippen LogP contribution in [-0.4, -0.2) is 14.2 Å². The maximum atomic E-state index is 13.6. The lowest BCUT2D eigenvalue weighted by Crippen LogP contribution is -1.92. The topological polar surface area (TPSA) is 18.5 Å². The Kier molecular flexibility index (Phi) is 3.90. The van der Waals surface area contributed by atoms with Gasteiger partial charge in [0.1, 0.15) is 22.3 Å². The van der Waals surface area contributed by atoms with Gasteiger partial charge in [-0.1, -0.05) is 29.8 Å². The molecule has 3 rings (SSSR count). The van der Waals surface area contributed by atoms with Crippen molar-refractivity contribution in [3.05, 3.63) is 59.4 Å². The van der Waals surface area contributed by atoms with Crippen molar-refractivity contribution in [3.63, 3.8) is 0 Å². The second kappa shape index (κ2) is 5.85. The summed E-state index contributed by atoms with van der Waals surface area (Å²) in [7, 11) is 3.12. The average molecular weight is 317 g/mol. The first kappa shape index (κ1) is 14.7. The van der Waals surface area contributed by atoms with Crippen LogP contribution in [0.25, 0.3) is 21.9 Å². The van der Waals surface area contributed by atoms with E-state index in [-0.39, 0.29) is 5.02 Å². The molecular formula is C18H14ClFO2. The molecule has 0 saturated carbocycles. The molecule has 0 aliphatic carbocycles. The van der Waals surface area contributed by atoms with Crippen molar-refractivity contribution < 1.29 is 13.9 Å². The van der Waals surface area contributed by atoms with Gasteiger partial charge in [-0.15, -0.1) is 0 Å². The minimum atomic E-state index is -0.493. The molecule has 0 aliphatic heterocycles. The van der Waals surface area contributed by atoms with E-state index in [1.165, 1.54) is 13.2 Å². The van der Waals surface area contributed by atoms with Crippen LogP contribution in [0.2, 0.25) is 5.02 Å². The molecule has 0 radical (unpaired) electrons. The van der Waals surface area contributed by atoms with E-state index in [0.717, 1.165) is 27.6 Å². The molecular weight excluding hydrogens is 303 g/mol. The van der Waals surface area contributed by atoms with Gasteiger partial charge in [0, 0.05) is 5.56 Å². The molecule has 2 nitrogen and oxygen atoms in total. The summed E-state index contributed by atoms with van der Waals surface area (Å²) in [6, 6.07) is 14.8. The van der Waals surface area contributed by atoms with Gasteiger partial charge < -0.3 is 9.47 Å². The molecule has 112 valence electrons. The third kappa shape index (κ3) is 2.48. The molecule has 0 atom stereocenters. The molecule has 0 unspecified atom stereocenters. The number of hydrogen-bond donors (Lipinski definition) is 0. The van der Waals surface area contributed by atoms with Gasteiger partial charge in [0.05, 0.1) is 14.2 Å². The van der Waals surface area contributed by atoms with Crippen molar-refractivity contribution in [2.75, 3.05) is 14.2 Å². The van der Waals surface area contributed by atoms with Gasteiger partial charge >= 0.3 is 0 Å². The van der Waals surface area contributed by atoms with Gasteiger partial charge in [0.15, 0.2) is 0 Å². The molecule has 0 heterocycles. The molecule has 0 amide bonds. The summed E-state index contributed by atoms with van der Waals surface area (Å²) in [5.41, 5.74) is 1.67. The Balaban J connectivity index is 2.17. The van der Waals surface area contributed by atoms with Crippen molar-refractivity contribution in [1.29, 1.82) is 0 Å². The second-order valence-corrected chi connectivity index (χ2v) is 5.25. The van der Waals surface area contributed by atoms with Crippen LogP contribution in [0.15, 0.2) is 48.5 Å². The molecule has 3 aromatic carbocycles. The van der Waals surface area contributed by atoms with Crippen LogP contribution in [0, 0.1) is 5.82 Å². The SMILES string of the molecule is COc1ccc2cc(-c3ccc(F)c(Cl)c3OC)ccc2c1. The molecule has 22 heavy (non-hydrogen) atoms. The van der Waals surface area contributed by atoms with Gasteiger partial charge in [-0.3, -0.25) is 0 Å². The lowest BCUT2D eigenvalue weighted by molar-refractivity contribution is 0.413. The Hall–Kier alpha value is -2.26. The van der Waals surface area contributed by atoms with Crippen molar-refractivity contribution in [3.8, 4) is 22.6 Å². The van der Waals surface area contributed by atoms with E-state index >= 15 is 0 Å². The van der Waals surface area contributed by atoms with Gasteiger partial charge in [-0.2, -0.15) is 0 Å². The number of rotatable bonds is 3. The highest BCUT2D eigenvalue weighted by molar-refractivity contribution is 6.32. The normalized spacial score (nSPS) is 10.7. The van der Waals surface area contributed by atoms with Crippen LogP contribution < -0.4 is 9.47 Å². The fraction of sp³-hybridized carbons (Fsp3) is 0.111. The Morgan fingerprint density at radius 3 is 2.32 bits per heavy atom. The Morgan fingerprint density at radius 2 is 1.59 bits per heavy atom. The molecule has 0 aromatic heterocycles. The van der Waals surface area contributed by atoms with E-state index < -0.39 is 5.82 Å². The third-order valence-corrected chi connectivity index (χ3v) is 3.96. The zero-order chi connectivity index (χ0) is 15.7. The number of ether oxygens (including phenoxy) is 2. The average Bonchev–Trinajstić information content (AvgIpc) is 2.56. The van der Waals surface area contributed by atoms with Gasteiger partial charge in [-0.25, -0.2) is 4.39 Å². The highest BCUT2D eigenvalue weighted by Crippen LogP contribution is 2.38. The molecule has 0 fully saturated rings. The maximum absolute atomic E-state index is 13.6. The molecule has 0 aliphatic rings. The number of fused-ring (bicyclic) bond motifs is 1.